The molecule has 0 spiro atoms. The first kappa shape index (κ1) is 31.2. The summed E-state index contributed by atoms with van der Waals surface area (Å²) in [6.07, 6.45) is 3.76. The Bertz CT molecular complexity index is 871. The van der Waals surface area contributed by atoms with E-state index in [4.69, 9.17) is 18.5 Å². The van der Waals surface area contributed by atoms with E-state index in [0.29, 0.717) is 12.8 Å². The Kier molecular flexibility index (Phi) is 15.7. The minimum atomic E-state index is -2.45. The molecule has 208 valence electrons. The van der Waals surface area contributed by atoms with Gasteiger partial charge >= 0.3 is 20.4 Å². The zero-order chi connectivity index (χ0) is 27.4. The molecule has 0 saturated heterocycles. The number of rotatable bonds is 18. The minimum absolute atomic E-state index is 0.0157. The maximum atomic E-state index is 12.4. The van der Waals surface area contributed by atoms with Crippen molar-refractivity contribution in [2.75, 3.05) is 13.2 Å². The SMILES string of the molecule is CCCC[C@H](CO[P+](=O)OC[C@@H](CCCC)NC(=O)OCc1ccccc1)NC(=O)OCc1ccccc1. The van der Waals surface area contributed by atoms with E-state index in [0.717, 1.165) is 36.8 Å². The third kappa shape index (κ3) is 14.1. The number of hydrogen-bond acceptors (Lipinski definition) is 7. The molecule has 0 aliphatic heterocycles. The number of ether oxygens (including phenoxy) is 2. The second-order valence-corrected chi connectivity index (χ2v) is 9.87. The highest BCUT2D eigenvalue weighted by Gasteiger charge is 2.27. The van der Waals surface area contributed by atoms with Crippen LogP contribution in [0, 0.1) is 0 Å². The van der Waals surface area contributed by atoms with E-state index in [-0.39, 0.29) is 38.5 Å². The summed E-state index contributed by atoms with van der Waals surface area (Å²) in [7, 11) is -2.45. The fourth-order valence-corrected chi connectivity index (χ4v) is 4.18. The lowest BCUT2D eigenvalue weighted by molar-refractivity contribution is 0.123. The Labute approximate surface area is 226 Å². The number of benzene rings is 2. The molecule has 38 heavy (non-hydrogen) atoms. The predicted molar refractivity (Wildman–Crippen MR) is 146 cm³/mol. The molecular weight excluding hydrogens is 507 g/mol. The van der Waals surface area contributed by atoms with E-state index >= 15 is 0 Å². The number of amides is 2. The van der Waals surface area contributed by atoms with Gasteiger partial charge in [-0.2, -0.15) is 0 Å². The third-order valence-corrected chi connectivity index (χ3v) is 6.36. The summed E-state index contributed by atoms with van der Waals surface area (Å²) in [6.45, 7) is 4.44. The van der Waals surface area contributed by atoms with Gasteiger partial charge in [-0.3, -0.25) is 0 Å². The zero-order valence-corrected chi connectivity index (χ0v) is 23.2. The van der Waals surface area contributed by atoms with Gasteiger partial charge in [0.2, 0.25) is 0 Å². The van der Waals surface area contributed by atoms with Crippen molar-refractivity contribution in [2.45, 2.75) is 77.7 Å². The van der Waals surface area contributed by atoms with Crippen LogP contribution < -0.4 is 10.6 Å². The molecule has 0 aromatic heterocycles. The van der Waals surface area contributed by atoms with Gasteiger partial charge in [-0.25, -0.2) is 9.59 Å². The first-order valence-corrected chi connectivity index (χ1v) is 14.3. The maximum absolute atomic E-state index is 12.4. The number of nitrogens with one attached hydrogen (secondary N) is 2. The van der Waals surface area contributed by atoms with Crippen LogP contribution >= 0.6 is 8.25 Å². The van der Waals surface area contributed by atoms with Crippen molar-refractivity contribution in [3.05, 3.63) is 71.8 Å². The van der Waals surface area contributed by atoms with Crippen LogP contribution in [-0.2, 0) is 36.3 Å². The van der Waals surface area contributed by atoms with E-state index in [1.165, 1.54) is 0 Å². The number of carbonyl (C=O) groups is 2. The normalized spacial score (nSPS) is 12.3. The van der Waals surface area contributed by atoms with Crippen molar-refractivity contribution in [3.63, 3.8) is 0 Å². The molecule has 9 nitrogen and oxygen atoms in total. The van der Waals surface area contributed by atoms with Gasteiger partial charge in [-0.1, -0.05) is 100 Å². The molecule has 0 saturated carbocycles. The van der Waals surface area contributed by atoms with Crippen molar-refractivity contribution in [2.24, 2.45) is 0 Å². The molecule has 2 aromatic carbocycles. The van der Waals surface area contributed by atoms with E-state index in [9.17, 15) is 14.2 Å². The number of hydrogen-bond donors (Lipinski definition) is 2. The third-order valence-electron chi connectivity index (χ3n) is 5.64. The molecule has 2 amide bonds. The Morgan fingerprint density at radius 2 is 1.11 bits per heavy atom. The lowest BCUT2D eigenvalue weighted by atomic mass is 10.1. The van der Waals surface area contributed by atoms with E-state index in [1.807, 2.05) is 74.5 Å². The summed E-state index contributed by atoms with van der Waals surface area (Å²) in [4.78, 5) is 24.5. The van der Waals surface area contributed by atoms with Crippen molar-refractivity contribution in [1.29, 1.82) is 0 Å². The van der Waals surface area contributed by atoms with Crippen LogP contribution in [0.15, 0.2) is 60.7 Å². The minimum Gasteiger partial charge on any atom is -0.445 e. The molecule has 0 aliphatic carbocycles. The highest BCUT2D eigenvalue weighted by molar-refractivity contribution is 7.33. The Morgan fingerprint density at radius 1 is 0.711 bits per heavy atom. The Balaban J connectivity index is 1.75. The van der Waals surface area contributed by atoms with Crippen LogP contribution in [-0.4, -0.2) is 37.5 Å². The van der Waals surface area contributed by atoms with Crippen LogP contribution in [0.5, 0.6) is 0 Å². The van der Waals surface area contributed by atoms with Crippen molar-refractivity contribution >= 4 is 20.4 Å². The lowest BCUT2D eigenvalue weighted by Crippen LogP contribution is -2.38. The fourth-order valence-electron chi connectivity index (χ4n) is 3.50. The van der Waals surface area contributed by atoms with Gasteiger partial charge in [-0.15, -0.1) is 9.05 Å². The monoisotopic (exact) mass is 547 g/mol. The van der Waals surface area contributed by atoms with Crippen molar-refractivity contribution < 1.29 is 32.7 Å². The summed E-state index contributed by atoms with van der Waals surface area (Å²) in [6, 6.07) is 18.0. The van der Waals surface area contributed by atoms with Crippen LogP contribution in [0.4, 0.5) is 9.59 Å². The summed E-state index contributed by atoms with van der Waals surface area (Å²) >= 11 is 0. The highest BCUT2D eigenvalue weighted by Crippen LogP contribution is 2.25. The molecule has 10 heteroatoms. The van der Waals surface area contributed by atoms with Gasteiger partial charge in [-0.05, 0) is 24.0 Å². The number of carbonyl (C=O) groups excluding carboxylic acids is 2. The fraction of sp³-hybridized carbons (Fsp3) is 0.500. The summed E-state index contributed by atoms with van der Waals surface area (Å²) in [5.74, 6) is 0. The topological polar surface area (TPSA) is 112 Å². The summed E-state index contributed by atoms with van der Waals surface area (Å²) in [5.41, 5.74) is 1.77. The van der Waals surface area contributed by atoms with Gasteiger partial charge < -0.3 is 20.1 Å². The van der Waals surface area contributed by atoms with E-state index in [2.05, 4.69) is 10.6 Å². The highest BCUT2D eigenvalue weighted by atomic mass is 31.1. The molecule has 2 atom stereocenters. The van der Waals surface area contributed by atoms with Crippen LogP contribution in [0.2, 0.25) is 0 Å². The van der Waals surface area contributed by atoms with Crippen LogP contribution in [0.1, 0.15) is 63.5 Å². The van der Waals surface area contributed by atoms with Crippen LogP contribution in [0.3, 0.4) is 0 Å². The first-order chi connectivity index (χ1) is 18.5. The molecule has 0 heterocycles. The maximum Gasteiger partial charge on any atom is 0.697 e. The molecule has 0 radical (unpaired) electrons. The number of alkyl carbamates (subject to hydrolysis) is 2. The summed E-state index contributed by atoms with van der Waals surface area (Å²) < 4.78 is 33.8. The standard InChI is InChI=1S/C28H39N2O7P/c1-3-5-17-25(29-27(31)34-19-23-13-9-7-10-14-23)21-36-38(33)37-22-26(18-6-4-2)30-28(32)35-20-24-15-11-8-12-16-24/h7-16,25-26H,3-6,17-22H2,1-2H3,(H-,29,30,31,32)/p+1/t25-,26-/m1/s1. The van der Waals surface area contributed by atoms with Gasteiger partial charge in [0.25, 0.3) is 0 Å². The van der Waals surface area contributed by atoms with E-state index < -0.39 is 20.4 Å². The number of unbranched alkanes of at least 4 members (excludes halogenated alkanes) is 2. The van der Waals surface area contributed by atoms with Gasteiger partial charge in [0.15, 0.2) is 0 Å². The predicted octanol–water partition coefficient (Wildman–Crippen LogP) is 6.65. The average Bonchev–Trinajstić information content (AvgIpc) is 2.94. The molecule has 0 bridgehead atoms. The average molecular weight is 548 g/mol. The largest absolute Gasteiger partial charge is 0.697 e. The Morgan fingerprint density at radius 3 is 1.47 bits per heavy atom. The van der Waals surface area contributed by atoms with Gasteiger partial charge in [0.1, 0.15) is 26.4 Å². The summed E-state index contributed by atoms with van der Waals surface area (Å²) in [5, 5.41) is 5.56. The van der Waals surface area contributed by atoms with Gasteiger partial charge in [0, 0.05) is 4.57 Å². The Hall–Kier alpha value is -3.00. The quantitative estimate of drug-likeness (QED) is 0.201. The second-order valence-electron chi connectivity index (χ2n) is 8.91. The molecular formula is C28H40N2O7P+. The molecule has 0 unspecified atom stereocenters. The second kappa shape index (κ2) is 19.1. The molecule has 2 aromatic rings. The molecule has 0 aliphatic rings. The molecule has 0 fully saturated rings. The molecule has 2 N–H and O–H groups in total. The van der Waals surface area contributed by atoms with Crippen LogP contribution in [0.25, 0.3) is 0 Å². The van der Waals surface area contributed by atoms with Crippen molar-refractivity contribution in [1.82, 2.24) is 10.6 Å². The van der Waals surface area contributed by atoms with E-state index in [1.54, 1.807) is 0 Å². The lowest BCUT2D eigenvalue weighted by Gasteiger charge is -2.16. The smallest absolute Gasteiger partial charge is 0.445 e. The zero-order valence-electron chi connectivity index (χ0n) is 22.3. The van der Waals surface area contributed by atoms with Gasteiger partial charge in [0.05, 0.1) is 12.1 Å². The van der Waals surface area contributed by atoms with Crippen molar-refractivity contribution in [3.8, 4) is 0 Å². The first-order valence-electron chi connectivity index (χ1n) is 13.2. The molecule has 2 rings (SSSR count).